The highest BCUT2D eigenvalue weighted by Gasteiger charge is 2.42. The highest BCUT2D eigenvalue weighted by molar-refractivity contribution is 5.82. The average Bonchev–Trinajstić information content (AvgIpc) is 2.92. The molecule has 3 aromatic rings. The Morgan fingerprint density at radius 3 is 2.50 bits per heavy atom. The molecule has 1 amide bonds. The number of fused-ring (bicyclic) bond motifs is 3. The Bertz CT molecular complexity index is 1250. The first kappa shape index (κ1) is 26.0. The summed E-state index contributed by atoms with van der Waals surface area (Å²) in [6.45, 7) is 3.27. The Kier molecular flexibility index (Phi) is 7.56. The lowest BCUT2D eigenvalue weighted by Crippen LogP contribution is -2.61. The third kappa shape index (κ3) is 5.93. The van der Waals surface area contributed by atoms with Gasteiger partial charge < -0.3 is 15.0 Å². The molecule has 0 saturated carbocycles. The van der Waals surface area contributed by atoms with Gasteiger partial charge in [0.25, 0.3) is 0 Å². The molecular weight excluding hydrogens is 498 g/mol. The number of benzene rings is 3. The topological polar surface area (TPSA) is 44.8 Å². The van der Waals surface area contributed by atoms with Crippen molar-refractivity contribution in [2.75, 3.05) is 37.7 Å². The first-order valence-corrected chi connectivity index (χ1v) is 12.7. The number of alkyl halides is 3. The number of anilines is 1. The molecule has 2 aliphatic heterocycles. The molecule has 1 fully saturated rings. The third-order valence-electron chi connectivity index (χ3n) is 7.26. The number of piperazine rings is 1. The van der Waals surface area contributed by atoms with Crippen molar-refractivity contribution in [1.82, 2.24) is 10.2 Å². The van der Waals surface area contributed by atoms with Gasteiger partial charge in [0.2, 0.25) is 5.91 Å². The Labute approximate surface area is 219 Å². The van der Waals surface area contributed by atoms with Crippen molar-refractivity contribution >= 4 is 11.6 Å². The molecule has 1 N–H and O–H groups in total. The standard InChI is InChI=1S/C29H29F4N3O2/c30-23-9-6-20(7-10-23)18-34-28(37)25-17-21-16-22(29(31,32)33)8-11-26(21)36-13-12-35(19-27(25)36)14-15-38-24-4-2-1-3-5-24/h1-11,16,25,27H,12-15,17-19H2,(H,34,37). The summed E-state index contributed by atoms with van der Waals surface area (Å²) in [6.07, 6.45) is -4.24. The predicted octanol–water partition coefficient (Wildman–Crippen LogP) is 4.90. The van der Waals surface area contributed by atoms with Crippen molar-refractivity contribution in [3.8, 4) is 5.75 Å². The highest BCUT2D eigenvalue weighted by atomic mass is 19.4. The molecule has 3 aromatic carbocycles. The Morgan fingerprint density at radius 1 is 1.00 bits per heavy atom. The van der Waals surface area contributed by atoms with Crippen LogP contribution in [-0.2, 0) is 23.9 Å². The molecule has 9 heteroatoms. The van der Waals surface area contributed by atoms with E-state index >= 15 is 0 Å². The van der Waals surface area contributed by atoms with E-state index in [-0.39, 0.29) is 30.7 Å². The fourth-order valence-electron chi connectivity index (χ4n) is 5.29. The Hall–Kier alpha value is -3.59. The van der Waals surface area contributed by atoms with E-state index in [1.165, 1.54) is 24.3 Å². The second-order valence-electron chi connectivity index (χ2n) is 9.72. The number of amides is 1. The highest BCUT2D eigenvalue weighted by Crippen LogP contribution is 2.39. The SMILES string of the molecule is O=C(NCc1ccc(F)cc1)C1Cc2cc(C(F)(F)F)ccc2N2CCN(CCOc3ccccc3)CC12. The van der Waals surface area contributed by atoms with Crippen molar-refractivity contribution < 1.29 is 27.1 Å². The van der Waals surface area contributed by atoms with Crippen molar-refractivity contribution in [2.45, 2.75) is 25.2 Å². The summed E-state index contributed by atoms with van der Waals surface area (Å²) in [4.78, 5) is 17.7. The summed E-state index contributed by atoms with van der Waals surface area (Å²) in [5.41, 5.74) is 1.32. The van der Waals surface area contributed by atoms with Crippen LogP contribution in [0.15, 0.2) is 72.8 Å². The van der Waals surface area contributed by atoms with E-state index in [2.05, 4.69) is 15.1 Å². The zero-order valence-corrected chi connectivity index (χ0v) is 20.8. The van der Waals surface area contributed by atoms with Gasteiger partial charge in [-0.2, -0.15) is 13.2 Å². The van der Waals surface area contributed by atoms with E-state index in [0.717, 1.165) is 23.1 Å². The lowest BCUT2D eigenvalue weighted by molar-refractivity contribution is -0.137. The van der Waals surface area contributed by atoms with Crippen LogP contribution < -0.4 is 15.0 Å². The number of para-hydroxylation sites is 1. The summed E-state index contributed by atoms with van der Waals surface area (Å²) >= 11 is 0. The number of nitrogens with one attached hydrogen (secondary N) is 1. The molecule has 0 aliphatic carbocycles. The van der Waals surface area contributed by atoms with Crippen LogP contribution in [0.4, 0.5) is 23.2 Å². The van der Waals surface area contributed by atoms with Crippen LogP contribution in [0.5, 0.6) is 5.75 Å². The summed E-state index contributed by atoms with van der Waals surface area (Å²) in [5, 5.41) is 2.92. The lowest BCUT2D eigenvalue weighted by atomic mass is 9.82. The number of hydrogen-bond acceptors (Lipinski definition) is 4. The first-order chi connectivity index (χ1) is 18.3. The van der Waals surface area contributed by atoms with Crippen molar-refractivity contribution in [2.24, 2.45) is 5.92 Å². The van der Waals surface area contributed by atoms with Crippen molar-refractivity contribution in [3.05, 3.63) is 95.3 Å². The molecule has 2 heterocycles. The molecule has 2 aliphatic rings. The molecule has 5 nitrogen and oxygen atoms in total. The number of nitrogens with zero attached hydrogens (tertiary/aromatic N) is 2. The molecule has 0 spiro atoms. The molecule has 200 valence electrons. The maximum atomic E-state index is 13.4. The second-order valence-corrected chi connectivity index (χ2v) is 9.72. The lowest BCUT2D eigenvalue weighted by Gasteiger charge is -2.49. The van der Waals surface area contributed by atoms with E-state index in [1.807, 2.05) is 30.3 Å². The number of ether oxygens (including phenoxy) is 1. The van der Waals surface area contributed by atoms with Gasteiger partial charge in [-0.05, 0) is 60.0 Å². The van der Waals surface area contributed by atoms with Crippen LogP contribution in [0.3, 0.4) is 0 Å². The van der Waals surface area contributed by atoms with E-state index in [0.29, 0.717) is 38.3 Å². The Morgan fingerprint density at radius 2 is 1.76 bits per heavy atom. The molecule has 2 unspecified atom stereocenters. The molecule has 5 rings (SSSR count). The number of carbonyl (C=O) groups is 1. The summed E-state index contributed by atoms with van der Waals surface area (Å²) < 4.78 is 59.4. The van der Waals surface area contributed by atoms with Crippen LogP contribution in [-0.4, -0.2) is 49.6 Å². The van der Waals surface area contributed by atoms with Crippen LogP contribution in [0.2, 0.25) is 0 Å². The number of rotatable bonds is 7. The maximum Gasteiger partial charge on any atom is 0.416 e. The minimum atomic E-state index is -4.45. The average molecular weight is 528 g/mol. The molecule has 0 bridgehead atoms. The van der Waals surface area contributed by atoms with E-state index in [4.69, 9.17) is 4.74 Å². The van der Waals surface area contributed by atoms with Crippen molar-refractivity contribution in [3.63, 3.8) is 0 Å². The van der Waals surface area contributed by atoms with Gasteiger partial charge >= 0.3 is 6.18 Å². The van der Waals surface area contributed by atoms with Crippen LogP contribution in [0, 0.1) is 11.7 Å². The Balaban J connectivity index is 1.32. The normalized spacial score (nSPS) is 19.4. The van der Waals surface area contributed by atoms with Gasteiger partial charge in [0.15, 0.2) is 0 Å². The van der Waals surface area contributed by atoms with Gasteiger partial charge in [-0.25, -0.2) is 4.39 Å². The first-order valence-electron chi connectivity index (χ1n) is 12.7. The summed E-state index contributed by atoms with van der Waals surface area (Å²) in [7, 11) is 0. The third-order valence-corrected chi connectivity index (χ3v) is 7.26. The van der Waals surface area contributed by atoms with E-state index in [9.17, 15) is 22.4 Å². The zero-order valence-electron chi connectivity index (χ0n) is 20.8. The maximum absolute atomic E-state index is 13.4. The molecular formula is C29H29F4N3O2. The van der Waals surface area contributed by atoms with Crippen LogP contribution in [0.25, 0.3) is 0 Å². The monoisotopic (exact) mass is 527 g/mol. The fourth-order valence-corrected chi connectivity index (χ4v) is 5.29. The molecule has 0 radical (unpaired) electrons. The van der Waals surface area contributed by atoms with Gasteiger partial charge in [-0.15, -0.1) is 0 Å². The number of hydrogen-bond donors (Lipinski definition) is 1. The smallest absolute Gasteiger partial charge is 0.416 e. The fraction of sp³-hybridized carbons (Fsp3) is 0.345. The minimum Gasteiger partial charge on any atom is -0.492 e. The quantitative estimate of drug-likeness (QED) is 0.444. The van der Waals surface area contributed by atoms with Gasteiger partial charge in [-0.1, -0.05) is 30.3 Å². The van der Waals surface area contributed by atoms with Gasteiger partial charge in [0.05, 0.1) is 17.5 Å². The summed E-state index contributed by atoms with van der Waals surface area (Å²) in [6, 6.07) is 19.0. The zero-order chi connectivity index (χ0) is 26.7. The second kappa shape index (κ2) is 11.0. The molecule has 38 heavy (non-hydrogen) atoms. The minimum absolute atomic E-state index is 0.196. The van der Waals surface area contributed by atoms with Crippen molar-refractivity contribution in [1.29, 1.82) is 0 Å². The van der Waals surface area contributed by atoms with E-state index in [1.54, 1.807) is 12.1 Å². The predicted molar refractivity (Wildman–Crippen MR) is 136 cm³/mol. The van der Waals surface area contributed by atoms with Gasteiger partial charge in [0.1, 0.15) is 18.2 Å². The van der Waals surface area contributed by atoms with Crippen LogP contribution in [0.1, 0.15) is 16.7 Å². The van der Waals surface area contributed by atoms with Gasteiger partial charge in [-0.3, -0.25) is 9.69 Å². The molecule has 0 aromatic heterocycles. The number of carbonyl (C=O) groups excluding carboxylic acids is 1. The van der Waals surface area contributed by atoms with Crippen LogP contribution >= 0.6 is 0 Å². The number of halogens is 4. The molecule has 1 saturated heterocycles. The largest absolute Gasteiger partial charge is 0.492 e. The molecule has 2 atom stereocenters. The van der Waals surface area contributed by atoms with Gasteiger partial charge in [0, 0.05) is 38.4 Å². The van der Waals surface area contributed by atoms with E-state index < -0.39 is 17.7 Å². The summed E-state index contributed by atoms with van der Waals surface area (Å²) in [5.74, 6) is -0.339.